The lowest BCUT2D eigenvalue weighted by atomic mass is 10.1. The van der Waals surface area contributed by atoms with Gasteiger partial charge in [-0.3, -0.25) is 4.79 Å². The van der Waals surface area contributed by atoms with Crippen LogP contribution >= 0.6 is 0 Å². The first kappa shape index (κ1) is 18.4. The third-order valence-electron chi connectivity index (χ3n) is 4.58. The third kappa shape index (κ3) is 3.19. The van der Waals surface area contributed by atoms with E-state index in [1.54, 1.807) is 36.9 Å². The molecule has 140 valence electrons. The fraction of sp³-hybridized carbons (Fsp3) is 0.412. The van der Waals surface area contributed by atoms with Crippen LogP contribution in [0.5, 0.6) is 0 Å². The molecule has 0 atom stereocenters. The van der Waals surface area contributed by atoms with E-state index >= 15 is 0 Å². The normalized spacial score (nSPS) is 16.0. The first-order valence-corrected chi connectivity index (χ1v) is 9.74. The van der Waals surface area contributed by atoms with Gasteiger partial charge in [0.15, 0.2) is 5.76 Å². The van der Waals surface area contributed by atoms with Gasteiger partial charge in [0, 0.05) is 37.4 Å². The Bertz CT molecular complexity index is 924. The quantitative estimate of drug-likeness (QED) is 0.807. The van der Waals surface area contributed by atoms with Gasteiger partial charge in [-0.05, 0) is 38.5 Å². The van der Waals surface area contributed by atoms with E-state index in [0.29, 0.717) is 30.0 Å². The molecule has 1 aromatic heterocycles. The summed E-state index contributed by atoms with van der Waals surface area (Å²) in [7, 11) is -3.69. The SMILES string of the molecule is Cc1ccc(N)cc1C(=O)N1CCN(S(=O)(=O)c2c(C)noc2C)CC1. The van der Waals surface area contributed by atoms with Crippen LogP contribution in [0.1, 0.15) is 27.4 Å². The van der Waals surface area contributed by atoms with Crippen molar-refractivity contribution >= 4 is 21.6 Å². The second kappa shape index (κ2) is 6.73. The number of piperazine rings is 1. The number of nitrogen functional groups attached to an aromatic ring is 1. The van der Waals surface area contributed by atoms with Gasteiger partial charge in [-0.1, -0.05) is 11.2 Å². The van der Waals surface area contributed by atoms with Gasteiger partial charge in [0.1, 0.15) is 10.6 Å². The molecule has 0 unspecified atom stereocenters. The number of hydrogen-bond acceptors (Lipinski definition) is 6. The number of rotatable bonds is 3. The van der Waals surface area contributed by atoms with Crippen LogP contribution < -0.4 is 5.73 Å². The van der Waals surface area contributed by atoms with Crippen LogP contribution in [0.25, 0.3) is 0 Å². The molecule has 0 spiro atoms. The van der Waals surface area contributed by atoms with E-state index in [1.807, 2.05) is 6.92 Å². The molecule has 2 aromatic rings. The van der Waals surface area contributed by atoms with Crippen LogP contribution in [0.3, 0.4) is 0 Å². The summed E-state index contributed by atoms with van der Waals surface area (Å²) in [5.74, 6) is 0.139. The molecular weight excluding hydrogens is 356 g/mol. The zero-order chi connectivity index (χ0) is 19.1. The number of carbonyl (C=O) groups is 1. The molecular formula is C17H22N4O4S. The van der Waals surface area contributed by atoms with Crippen LogP contribution in [0.2, 0.25) is 0 Å². The Morgan fingerprint density at radius 2 is 1.81 bits per heavy atom. The van der Waals surface area contributed by atoms with Crippen LogP contribution in [-0.4, -0.2) is 54.9 Å². The number of benzene rings is 1. The van der Waals surface area contributed by atoms with Gasteiger partial charge in [-0.25, -0.2) is 8.42 Å². The fourth-order valence-electron chi connectivity index (χ4n) is 3.14. The van der Waals surface area contributed by atoms with Gasteiger partial charge in [0.05, 0.1) is 0 Å². The standard InChI is InChI=1S/C17H22N4O4S/c1-11-4-5-14(18)10-15(11)17(22)20-6-8-21(9-7-20)26(23,24)16-12(2)19-25-13(16)3/h4-5,10H,6-9,18H2,1-3H3. The Morgan fingerprint density at radius 1 is 1.15 bits per heavy atom. The Kier molecular flexibility index (Phi) is 4.76. The molecule has 0 radical (unpaired) electrons. The molecule has 1 aliphatic heterocycles. The predicted octanol–water partition coefficient (Wildman–Crippen LogP) is 1.33. The number of aryl methyl sites for hydroxylation is 3. The van der Waals surface area contributed by atoms with Crippen molar-refractivity contribution in [2.24, 2.45) is 0 Å². The highest BCUT2D eigenvalue weighted by Crippen LogP contribution is 2.25. The molecule has 1 amide bonds. The van der Waals surface area contributed by atoms with E-state index in [9.17, 15) is 13.2 Å². The molecule has 3 rings (SSSR count). The van der Waals surface area contributed by atoms with Gasteiger partial charge < -0.3 is 15.2 Å². The number of sulfonamides is 1. The molecule has 1 aliphatic rings. The van der Waals surface area contributed by atoms with Gasteiger partial charge >= 0.3 is 0 Å². The molecule has 1 aromatic carbocycles. The van der Waals surface area contributed by atoms with Crippen LogP contribution in [0.4, 0.5) is 5.69 Å². The molecule has 9 heteroatoms. The summed E-state index contributed by atoms with van der Waals surface area (Å²) in [6, 6.07) is 5.21. The number of amides is 1. The number of hydrogen-bond donors (Lipinski definition) is 1. The van der Waals surface area contributed by atoms with E-state index in [1.165, 1.54) is 4.31 Å². The van der Waals surface area contributed by atoms with E-state index in [2.05, 4.69) is 5.16 Å². The highest BCUT2D eigenvalue weighted by molar-refractivity contribution is 7.89. The van der Waals surface area contributed by atoms with Crippen LogP contribution in [0, 0.1) is 20.8 Å². The molecule has 26 heavy (non-hydrogen) atoms. The zero-order valence-electron chi connectivity index (χ0n) is 15.0. The van der Waals surface area contributed by atoms with Crippen molar-refractivity contribution in [3.63, 3.8) is 0 Å². The number of nitrogens with zero attached hydrogens (tertiary/aromatic N) is 3. The van der Waals surface area contributed by atoms with Crippen molar-refractivity contribution < 1.29 is 17.7 Å². The highest BCUT2D eigenvalue weighted by Gasteiger charge is 2.34. The monoisotopic (exact) mass is 378 g/mol. The maximum Gasteiger partial charge on any atom is 0.254 e. The molecule has 0 aliphatic carbocycles. The summed E-state index contributed by atoms with van der Waals surface area (Å²) in [4.78, 5) is 14.5. The average Bonchev–Trinajstić information content (AvgIpc) is 2.95. The first-order valence-electron chi connectivity index (χ1n) is 8.30. The number of aromatic nitrogens is 1. The van der Waals surface area contributed by atoms with E-state index in [0.717, 1.165) is 5.56 Å². The van der Waals surface area contributed by atoms with Crippen molar-refractivity contribution in [2.75, 3.05) is 31.9 Å². The number of nitrogens with two attached hydrogens (primary N) is 1. The van der Waals surface area contributed by atoms with E-state index in [-0.39, 0.29) is 29.7 Å². The smallest absolute Gasteiger partial charge is 0.254 e. The van der Waals surface area contributed by atoms with Gasteiger partial charge in [-0.15, -0.1) is 0 Å². The lowest BCUT2D eigenvalue weighted by molar-refractivity contribution is 0.0697. The number of carbonyl (C=O) groups excluding carboxylic acids is 1. The third-order valence-corrected chi connectivity index (χ3v) is 6.73. The summed E-state index contributed by atoms with van der Waals surface area (Å²) >= 11 is 0. The minimum Gasteiger partial charge on any atom is -0.399 e. The zero-order valence-corrected chi connectivity index (χ0v) is 15.8. The van der Waals surface area contributed by atoms with Crippen molar-refractivity contribution in [2.45, 2.75) is 25.7 Å². The fourth-order valence-corrected chi connectivity index (χ4v) is 4.86. The molecule has 0 bridgehead atoms. The minimum atomic E-state index is -3.69. The summed E-state index contributed by atoms with van der Waals surface area (Å²) in [5.41, 5.74) is 8.04. The summed E-state index contributed by atoms with van der Waals surface area (Å²) in [6.07, 6.45) is 0. The highest BCUT2D eigenvalue weighted by atomic mass is 32.2. The maximum atomic E-state index is 12.8. The van der Waals surface area contributed by atoms with Crippen molar-refractivity contribution in [3.8, 4) is 0 Å². The first-order chi connectivity index (χ1) is 12.2. The Morgan fingerprint density at radius 3 is 2.38 bits per heavy atom. The number of anilines is 1. The molecule has 2 N–H and O–H groups in total. The second-order valence-electron chi connectivity index (χ2n) is 6.42. The van der Waals surface area contributed by atoms with Crippen molar-refractivity contribution in [3.05, 3.63) is 40.8 Å². The van der Waals surface area contributed by atoms with Gasteiger partial charge in [0.2, 0.25) is 10.0 Å². The van der Waals surface area contributed by atoms with Crippen molar-refractivity contribution in [1.29, 1.82) is 0 Å². The summed E-state index contributed by atoms with van der Waals surface area (Å²) in [5, 5.41) is 3.72. The summed E-state index contributed by atoms with van der Waals surface area (Å²) < 4.78 is 32.0. The molecule has 0 saturated carbocycles. The Hall–Kier alpha value is -2.39. The lowest BCUT2D eigenvalue weighted by Crippen LogP contribution is -2.50. The second-order valence-corrected chi connectivity index (χ2v) is 8.30. The Balaban J connectivity index is 1.75. The average molecular weight is 378 g/mol. The van der Waals surface area contributed by atoms with Gasteiger partial charge in [0.25, 0.3) is 5.91 Å². The van der Waals surface area contributed by atoms with Gasteiger partial charge in [-0.2, -0.15) is 4.31 Å². The predicted molar refractivity (Wildman–Crippen MR) is 96.2 cm³/mol. The lowest BCUT2D eigenvalue weighted by Gasteiger charge is -2.34. The van der Waals surface area contributed by atoms with Crippen molar-refractivity contribution in [1.82, 2.24) is 14.4 Å². The van der Waals surface area contributed by atoms with E-state index in [4.69, 9.17) is 10.3 Å². The summed E-state index contributed by atoms with van der Waals surface area (Å²) in [6.45, 7) is 6.11. The van der Waals surface area contributed by atoms with Crippen LogP contribution in [0.15, 0.2) is 27.6 Å². The largest absolute Gasteiger partial charge is 0.399 e. The molecule has 2 heterocycles. The Labute approximate surface area is 152 Å². The topological polar surface area (TPSA) is 110 Å². The van der Waals surface area contributed by atoms with Crippen LogP contribution in [-0.2, 0) is 10.0 Å². The maximum absolute atomic E-state index is 12.8. The minimum absolute atomic E-state index is 0.115. The van der Waals surface area contributed by atoms with E-state index < -0.39 is 10.0 Å². The molecule has 8 nitrogen and oxygen atoms in total. The molecule has 1 saturated heterocycles. The molecule has 1 fully saturated rings.